The predicted molar refractivity (Wildman–Crippen MR) is 86.6 cm³/mol. The molecular formula is C15H22BrN3O2. The largest absolute Gasteiger partial charge is 0.444 e. The van der Waals surface area contributed by atoms with E-state index >= 15 is 0 Å². The Hall–Kier alpha value is -1.30. The maximum Gasteiger partial charge on any atom is 0.410 e. The fraction of sp³-hybridized carbons (Fsp3) is 0.600. The van der Waals surface area contributed by atoms with Gasteiger partial charge in [0.15, 0.2) is 0 Å². The smallest absolute Gasteiger partial charge is 0.410 e. The van der Waals surface area contributed by atoms with Gasteiger partial charge in [-0.15, -0.1) is 0 Å². The van der Waals surface area contributed by atoms with Crippen molar-refractivity contribution < 1.29 is 9.53 Å². The third-order valence-corrected chi connectivity index (χ3v) is 3.91. The molecule has 116 valence electrons. The van der Waals surface area contributed by atoms with Crippen LogP contribution in [0.5, 0.6) is 0 Å². The molecule has 1 aliphatic rings. The quantitative estimate of drug-likeness (QED) is 0.816. The highest BCUT2D eigenvalue weighted by atomic mass is 79.9. The zero-order chi connectivity index (χ0) is 15.6. The number of ether oxygens (including phenoxy) is 1. The third-order valence-electron chi connectivity index (χ3n) is 3.44. The summed E-state index contributed by atoms with van der Waals surface area (Å²) in [5, 5.41) is 0. The van der Waals surface area contributed by atoms with Crippen LogP contribution in [-0.4, -0.2) is 47.8 Å². The van der Waals surface area contributed by atoms with Crippen molar-refractivity contribution in [1.29, 1.82) is 0 Å². The second-order valence-corrected chi connectivity index (χ2v) is 7.23. The molecule has 0 saturated carbocycles. The maximum absolute atomic E-state index is 12.1. The third kappa shape index (κ3) is 4.33. The van der Waals surface area contributed by atoms with E-state index in [1.54, 1.807) is 11.1 Å². The number of nitrogens with zero attached hydrogens (tertiary/aromatic N) is 3. The van der Waals surface area contributed by atoms with Gasteiger partial charge in [-0.25, -0.2) is 9.78 Å². The van der Waals surface area contributed by atoms with Gasteiger partial charge < -0.3 is 14.5 Å². The van der Waals surface area contributed by atoms with Gasteiger partial charge in [0.1, 0.15) is 11.4 Å². The summed E-state index contributed by atoms with van der Waals surface area (Å²) in [6, 6.07) is 4.21. The number of likely N-dealkylation sites (N-methyl/N-ethyl adjacent to an activating group) is 1. The summed E-state index contributed by atoms with van der Waals surface area (Å²) in [5.74, 6) is 0.911. The molecule has 1 atom stereocenters. The average molecular weight is 356 g/mol. The molecule has 0 bridgehead atoms. The van der Waals surface area contributed by atoms with E-state index in [1.807, 2.05) is 40.0 Å². The fourth-order valence-corrected chi connectivity index (χ4v) is 2.55. The second kappa shape index (κ2) is 6.22. The van der Waals surface area contributed by atoms with Gasteiger partial charge in [0.25, 0.3) is 0 Å². The number of halogens is 1. The molecule has 1 fully saturated rings. The lowest BCUT2D eigenvalue weighted by molar-refractivity contribution is 0.0292. The highest BCUT2D eigenvalue weighted by molar-refractivity contribution is 9.10. The standard InChI is InChI=1S/C15H22BrN3O2/c1-15(2,3)21-14(20)19-8-7-12(10-19)18(4)13-6-5-11(16)9-17-13/h5-6,9,12H,7-8,10H2,1-4H3/t12-/m0/s1. The molecule has 0 N–H and O–H groups in total. The Morgan fingerprint density at radius 3 is 2.76 bits per heavy atom. The number of carbonyl (C=O) groups is 1. The minimum absolute atomic E-state index is 0.234. The summed E-state index contributed by atoms with van der Waals surface area (Å²) in [6.07, 6.45) is 2.47. The summed E-state index contributed by atoms with van der Waals surface area (Å²) < 4.78 is 6.38. The summed E-state index contributed by atoms with van der Waals surface area (Å²) >= 11 is 3.38. The molecule has 0 aliphatic carbocycles. The van der Waals surface area contributed by atoms with E-state index in [2.05, 4.69) is 25.8 Å². The molecule has 1 amide bonds. The van der Waals surface area contributed by atoms with E-state index in [9.17, 15) is 4.79 Å². The van der Waals surface area contributed by atoms with E-state index < -0.39 is 5.60 Å². The van der Waals surface area contributed by atoms with Crippen molar-refractivity contribution in [3.63, 3.8) is 0 Å². The molecular weight excluding hydrogens is 334 g/mol. The minimum Gasteiger partial charge on any atom is -0.444 e. The van der Waals surface area contributed by atoms with Crippen LogP contribution in [-0.2, 0) is 4.74 Å². The van der Waals surface area contributed by atoms with Crippen LogP contribution in [0.15, 0.2) is 22.8 Å². The minimum atomic E-state index is -0.450. The molecule has 21 heavy (non-hydrogen) atoms. The molecule has 2 heterocycles. The van der Waals surface area contributed by atoms with Crippen molar-refractivity contribution in [2.24, 2.45) is 0 Å². The van der Waals surface area contributed by atoms with Crippen LogP contribution in [0.1, 0.15) is 27.2 Å². The molecule has 6 heteroatoms. The topological polar surface area (TPSA) is 45.7 Å². The number of pyridine rings is 1. The number of carbonyl (C=O) groups excluding carboxylic acids is 1. The Morgan fingerprint density at radius 2 is 2.19 bits per heavy atom. The SMILES string of the molecule is CN(c1ccc(Br)cn1)[C@H]1CCN(C(=O)OC(C)(C)C)C1. The van der Waals surface area contributed by atoms with Gasteiger partial charge >= 0.3 is 6.09 Å². The molecule has 5 nitrogen and oxygen atoms in total. The summed E-state index contributed by atoms with van der Waals surface area (Å²) in [7, 11) is 2.01. The molecule has 1 aliphatic heterocycles. The molecule has 0 unspecified atom stereocenters. The highest BCUT2D eigenvalue weighted by Gasteiger charge is 2.32. The lowest BCUT2D eigenvalue weighted by Gasteiger charge is -2.27. The lowest BCUT2D eigenvalue weighted by Crippen LogP contribution is -2.39. The molecule has 0 radical (unpaired) electrons. The highest BCUT2D eigenvalue weighted by Crippen LogP contribution is 2.22. The Kier molecular flexibility index (Phi) is 4.76. The molecule has 2 rings (SSSR count). The van der Waals surface area contributed by atoms with E-state index in [4.69, 9.17) is 4.74 Å². The van der Waals surface area contributed by atoms with Gasteiger partial charge in [-0.3, -0.25) is 0 Å². The van der Waals surface area contributed by atoms with E-state index in [-0.39, 0.29) is 12.1 Å². The van der Waals surface area contributed by atoms with Crippen LogP contribution in [0.25, 0.3) is 0 Å². The Labute approximate surface area is 134 Å². The van der Waals surface area contributed by atoms with E-state index in [1.165, 1.54) is 0 Å². The zero-order valence-electron chi connectivity index (χ0n) is 13.0. The molecule has 1 saturated heterocycles. The number of anilines is 1. The molecule has 1 aromatic heterocycles. The number of amides is 1. The number of hydrogen-bond donors (Lipinski definition) is 0. The van der Waals surface area contributed by atoms with Gasteiger partial charge in [-0.05, 0) is 55.3 Å². The van der Waals surface area contributed by atoms with Crippen LogP contribution < -0.4 is 4.90 Å². The van der Waals surface area contributed by atoms with Crippen molar-refractivity contribution in [1.82, 2.24) is 9.88 Å². The fourth-order valence-electron chi connectivity index (χ4n) is 2.31. The maximum atomic E-state index is 12.1. The summed E-state index contributed by atoms with van der Waals surface area (Å²) in [5.41, 5.74) is -0.450. The van der Waals surface area contributed by atoms with Crippen LogP contribution in [0.3, 0.4) is 0 Å². The molecule has 0 aromatic carbocycles. The van der Waals surface area contributed by atoms with Crippen molar-refractivity contribution in [2.75, 3.05) is 25.0 Å². The Balaban J connectivity index is 1.95. The van der Waals surface area contributed by atoms with Crippen LogP contribution >= 0.6 is 15.9 Å². The first-order chi connectivity index (χ1) is 9.76. The first kappa shape index (κ1) is 16.1. The monoisotopic (exact) mass is 355 g/mol. The summed E-state index contributed by atoms with van der Waals surface area (Å²) in [6.45, 7) is 7.05. The molecule has 1 aromatic rings. The van der Waals surface area contributed by atoms with Crippen molar-refractivity contribution in [3.05, 3.63) is 22.8 Å². The van der Waals surface area contributed by atoms with Crippen LogP contribution in [0.2, 0.25) is 0 Å². The number of hydrogen-bond acceptors (Lipinski definition) is 4. The van der Waals surface area contributed by atoms with E-state index in [0.717, 1.165) is 23.3 Å². The van der Waals surface area contributed by atoms with Crippen molar-refractivity contribution in [2.45, 2.75) is 38.8 Å². The normalized spacial score (nSPS) is 18.7. The van der Waals surface area contributed by atoms with Gasteiger partial charge in [0, 0.05) is 36.8 Å². The average Bonchev–Trinajstić information content (AvgIpc) is 2.86. The van der Waals surface area contributed by atoms with Crippen molar-refractivity contribution in [3.8, 4) is 0 Å². The summed E-state index contributed by atoms with van der Waals surface area (Å²) in [4.78, 5) is 20.4. The van der Waals surface area contributed by atoms with Crippen LogP contribution in [0, 0.1) is 0 Å². The number of rotatable bonds is 2. The van der Waals surface area contributed by atoms with Gasteiger partial charge in [-0.1, -0.05) is 0 Å². The van der Waals surface area contributed by atoms with E-state index in [0.29, 0.717) is 6.54 Å². The molecule has 0 spiro atoms. The number of aromatic nitrogens is 1. The lowest BCUT2D eigenvalue weighted by atomic mass is 10.2. The second-order valence-electron chi connectivity index (χ2n) is 6.31. The number of likely N-dealkylation sites (tertiary alicyclic amines) is 1. The van der Waals surface area contributed by atoms with Gasteiger partial charge in [-0.2, -0.15) is 0 Å². The van der Waals surface area contributed by atoms with Crippen molar-refractivity contribution >= 4 is 27.8 Å². The zero-order valence-corrected chi connectivity index (χ0v) is 14.6. The Morgan fingerprint density at radius 1 is 1.48 bits per heavy atom. The van der Waals surface area contributed by atoms with Gasteiger partial charge in [0.2, 0.25) is 0 Å². The van der Waals surface area contributed by atoms with Gasteiger partial charge in [0.05, 0.1) is 0 Å². The first-order valence-electron chi connectivity index (χ1n) is 7.08. The van der Waals surface area contributed by atoms with Crippen LogP contribution in [0.4, 0.5) is 10.6 Å². The predicted octanol–water partition coefficient (Wildman–Crippen LogP) is 3.29. The first-order valence-corrected chi connectivity index (χ1v) is 7.88. The Bertz CT molecular complexity index is 499.